The molecule has 0 amide bonds. The van der Waals surface area contributed by atoms with Crippen LogP contribution in [0.4, 0.5) is 0 Å². The first-order valence-electron chi connectivity index (χ1n) is 4.54. The zero-order valence-corrected chi connectivity index (χ0v) is 8.58. The van der Waals surface area contributed by atoms with Crippen molar-refractivity contribution in [2.24, 2.45) is 0 Å². The lowest BCUT2D eigenvalue weighted by atomic mass is 9.93. The van der Waals surface area contributed by atoms with Crippen molar-refractivity contribution in [1.29, 1.82) is 0 Å². The molecule has 1 aliphatic rings. The summed E-state index contributed by atoms with van der Waals surface area (Å²) in [6, 6.07) is 0. The van der Waals surface area contributed by atoms with Gasteiger partial charge in [-0.2, -0.15) is 0 Å². The van der Waals surface area contributed by atoms with Crippen LogP contribution >= 0.6 is 0 Å². The van der Waals surface area contributed by atoms with Crippen LogP contribution in [0, 0.1) is 0 Å². The Morgan fingerprint density at radius 2 is 2.23 bits per heavy atom. The average Bonchev–Trinajstić information content (AvgIpc) is 2.31. The summed E-state index contributed by atoms with van der Waals surface area (Å²) in [6.07, 6.45) is 1.19. The quantitative estimate of drug-likeness (QED) is 0.679. The minimum atomic E-state index is -0.705. The Balaban J connectivity index is 2.71. The van der Waals surface area contributed by atoms with Gasteiger partial charge in [-0.3, -0.25) is 4.79 Å². The lowest BCUT2D eigenvalue weighted by Crippen LogP contribution is -2.47. The molecule has 0 radical (unpaired) electrons. The second-order valence-corrected chi connectivity index (χ2v) is 4.18. The van der Waals surface area contributed by atoms with Gasteiger partial charge in [-0.05, 0) is 34.1 Å². The van der Waals surface area contributed by atoms with E-state index in [0.29, 0.717) is 0 Å². The van der Waals surface area contributed by atoms with E-state index in [2.05, 4.69) is 4.90 Å². The summed E-state index contributed by atoms with van der Waals surface area (Å²) >= 11 is 0. The molecule has 0 aliphatic carbocycles. The lowest BCUT2D eigenvalue weighted by molar-refractivity contribution is -0.139. The highest BCUT2D eigenvalue weighted by Gasteiger charge is 2.40. The van der Waals surface area contributed by atoms with Gasteiger partial charge in [0.15, 0.2) is 0 Å². The van der Waals surface area contributed by atoms with Crippen molar-refractivity contribution in [3.8, 4) is 0 Å². The third-order valence-electron chi connectivity index (χ3n) is 2.95. The Kier molecular flexibility index (Phi) is 2.93. The van der Waals surface area contributed by atoms with Crippen LogP contribution in [0.3, 0.4) is 0 Å². The van der Waals surface area contributed by atoms with Gasteiger partial charge in [0.25, 0.3) is 0 Å². The van der Waals surface area contributed by atoms with E-state index in [-0.39, 0.29) is 12.0 Å². The predicted molar refractivity (Wildman–Crippen MR) is 50.8 cm³/mol. The first-order chi connectivity index (χ1) is 5.96. The zero-order valence-electron chi connectivity index (χ0n) is 8.58. The fourth-order valence-corrected chi connectivity index (χ4v) is 2.01. The number of nitrogens with zero attached hydrogens (tertiary/aromatic N) is 2. The van der Waals surface area contributed by atoms with Crippen LogP contribution in [-0.2, 0) is 4.79 Å². The smallest absolute Gasteiger partial charge is 0.305 e. The molecule has 13 heavy (non-hydrogen) atoms. The van der Waals surface area contributed by atoms with Gasteiger partial charge in [-0.15, -0.1) is 0 Å². The summed E-state index contributed by atoms with van der Waals surface area (Å²) in [6.45, 7) is 1.84. The van der Waals surface area contributed by atoms with E-state index < -0.39 is 5.97 Å². The first-order valence-corrected chi connectivity index (χ1v) is 4.54. The van der Waals surface area contributed by atoms with Crippen LogP contribution in [-0.4, -0.2) is 60.6 Å². The van der Waals surface area contributed by atoms with E-state index in [0.717, 1.165) is 19.5 Å². The average molecular weight is 186 g/mol. The molecule has 0 aromatic rings. The van der Waals surface area contributed by atoms with Gasteiger partial charge in [0, 0.05) is 12.1 Å². The van der Waals surface area contributed by atoms with Gasteiger partial charge in [-0.25, -0.2) is 0 Å². The Morgan fingerprint density at radius 3 is 2.54 bits per heavy atom. The molecule has 76 valence electrons. The van der Waals surface area contributed by atoms with Gasteiger partial charge < -0.3 is 14.9 Å². The second kappa shape index (κ2) is 3.64. The second-order valence-electron chi connectivity index (χ2n) is 4.18. The van der Waals surface area contributed by atoms with Crippen molar-refractivity contribution >= 4 is 5.97 Å². The summed E-state index contributed by atoms with van der Waals surface area (Å²) in [7, 11) is 5.96. The SMILES string of the molecule is CN1CCC(CC(=O)O)(N(C)C)C1. The summed E-state index contributed by atoms with van der Waals surface area (Å²) in [5, 5.41) is 8.83. The normalized spacial score (nSPS) is 29.8. The number of carboxylic acid groups (broad SMARTS) is 1. The third kappa shape index (κ3) is 2.19. The Morgan fingerprint density at radius 1 is 1.62 bits per heavy atom. The largest absolute Gasteiger partial charge is 0.481 e. The summed E-state index contributed by atoms with van der Waals surface area (Å²) < 4.78 is 0. The molecule has 0 aromatic heterocycles. The maximum Gasteiger partial charge on any atom is 0.305 e. The van der Waals surface area contributed by atoms with Crippen molar-refractivity contribution < 1.29 is 9.90 Å². The topological polar surface area (TPSA) is 43.8 Å². The van der Waals surface area contributed by atoms with Gasteiger partial charge in [0.05, 0.1) is 6.42 Å². The number of hydrogen-bond acceptors (Lipinski definition) is 3. The monoisotopic (exact) mass is 186 g/mol. The number of likely N-dealkylation sites (N-methyl/N-ethyl adjacent to an activating group) is 2. The number of carbonyl (C=O) groups is 1. The van der Waals surface area contributed by atoms with Crippen LogP contribution in [0.15, 0.2) is 0 Å². The van der Waals surface area contributed by atoms with Crippen molar-refractivity contribution in [3.05, 3.63) is 0 Å². The Bertz CT molecular complexity index is 206. The van der Waals surface area contributed by atoms with Crippen molar-refractivity contribution in [1.82, 2.24) is 9.80 Å². The highest BCUT2D eigenvalue weighted by atomic mass is 16.4. The molecule has 1 atom stereocenters. The predicted octanol–water partition coefficient (Wildman–Crippen LogP) is 0.0970. The van der Waals surface area contributed by atoms with Crippen LogP contribution in [0.25, 0.3) is 0 Å². The highest BCUT2D eigenvalue weighted by Crippen LogP contribution is 2.28. The number of rotatable bonds is 3. The molecular formula is C9H18N2O2. The summed E-state index contributed by atoms with van der Waals surface area (Å²) in [5.41, 5.74) is -0.152. The zero-order chi connectivity index (χ0) is 10.1. The van der Waals surface area contributed by atoms with Crippen LogP contribution in [0.5, 0.6) is 0 Å². The molecule has 0 aromatic carbocycles. The molecule has 0 spiro atoms. The van der Waals surface area contributed by atoms with Crippen LogP contribution in [0.2, 0.25) is 0 Å². The van der Waals surface area contributed by atoms with E-state index >= 15 is 0 Å². The Hall–Kier alpha value is -0.610. The number of carboxylic acids is 1. The lowest BCUT2D eigenvalue weighted by Gasteiger charge is -2.34. The summed E-state index contributed by atoms with van der Waals surface area (Å²) in [5.74, 6) is -0.705. The van der Waals surface area contributed by atoms with Crippen molar-refractivity contribution in [2.45, 2.75) is 18.4 Å². The van der Waals surface area contributed by atoms with Crippen LogP contribution < -0.4 is 0 Å². The van der Waals surface area contributed by atoms with Gasteiger partial charge >= 0.3 is 5.97 Å². The van der Waals surface area contributed by atoms with Gasteiger partial charge in [0.1, 0.15) is 0 Å². The van der Waals surface area contributed by atoms with Gasteiger partial charge in [-0.1, -0.05) is 0 Å². The maximum absolute atomic E-state index is 10.7. The minimum Gasteiger partial charge on any atom is -0.481 e. The Labute approximate surface area is 79.1 Å². The fraction of sp³-hybridized carbons (Fsp3) is 0.889. The first kappa shape index (κ1) is 10.5. The fourth-order valence-electron chi connectivity index (χ4n) is 2.01. The molecule has 1 saturated heterocycles. The maximum atomic E-state index is 10.7. The summed E-state index contributed by atoms with van der Waals surface area (Å²) in [4.78, 5) is 15.0. The molecule has 1 fully saturated rings. The molecular weight excluding hydrogens is 168 g/mol. The molecule has 0 saturated carbocycles. The molecule has 4 nitrogen and oxygen atoms in total. The van der Waals surface area contributed by atoms with E-state index in [1.807, 2.05) is 26.0 Å². The molecule has 1 N–H and O–H groups in total. The van der Waals surface area contributed by atoms with E-state index in [1.165, 1.54) is 0 Å². The number of likely N-dealkylation sites (tertiary alicyclic amines) is 1. The van der Waals surface area contributed by atoms with Gasteiger partial charge in [0.2, 0.25) is 0 Å². The van der Waals surface area contributed by atoms with E-state index in [9.17, 15) is 4.79 Å². The third-order valence-corrected chi connectivity index (χ3v) is 2.95. The molecule has 1 unspecified atom stereocenters. The molecule has 1 rings (SSSR count). The highest BCUT2D eigenvalue weighted by molar-refractivity contribution is 5.68. The standard InChI is InChI=1S/C9H18N2O2/c1-10(2)9(6-8(12)13)4-5-11(3)7-9/h4-7H2,1-3H3,(H,12,13). The number of aliphatic carboxylic acids is 1. The van der Waals surface area contributed by atoms with E-state index in [1.54, 1.807) is 0 Å². The molecule has 0 bridgehead atoms. The van der Waals surface area contributed by atoms with E-state index in [4.69, 9.17) is 5.11 Å². The minimum absolute atomic E-state index is 0.152. The van der Waals surface area contributed by atoms with Crippen LogP contribution in [0.1, 0.15) is 12.8 Å². The van der Waals surface area contributed by atoms with Crippen molar-refractivity contribution in [3.63, 3.8) is 0 Å². The molecule has 1 aliphatic heterocycles. The molecule has 4 heteroatoms. The number of hydrogen-bond donors (Lipinski definition) is 1. The van der Waals surface area contributed by atoms with Crippen molar-refractivity contribution in [2.75, 3.05) is 34.2 Å². The molecule has 1 heterocycles.